The van der Waals surface area contributed by atoms with Gasteiger partial charge in [0.25, 0.3) is 0 Å². The van der Waals surface area contributed by atoms with Crippen LogP contribution in [0.1, 0.15) is 47.6 Å². The van der Waals surface area contributed by atoms with Crippen molar-refractivity contribution in [3.8, 4) is 0 Å². The van der Waals surface area contributed by atoms with E-state index >= 15 is 0 Å². The third kappa shape index (κ3) is 3.86. The summed E-state index contributed by atoms with van der Waals surface area (Å²) in [5.74, 6) is -0.535. The standard InChI is InChI=1S/C22H27FN2O2S/c1-16-7-9-19(23)15-21(16)28(26,27)24-12-2-3-13-25-14-11-18-6-4-5-17-8-10-20(25)22(17)18/h4-7,9,15,20,24H,2-3,8,10-14H2,1H3. The molecule has 1 aliphatic heterocycles. The first kappa shape index (κ1) is 19.6. The minimum Gasteiger partial charge on any atom is -0.296 e. The van der Waals surface area contributed by atoms with Crippen molar-refractivity contribution in [3.05, 3.63) is 64.5 Å². The molecule has 0 radical (unpaired) electrons. The number of rotatable bonds is 7. The number of nitrogens with one attached hydrogen (secondary N) is 1. The highest BCUT2D eigenvalue weighted by molar-refractivity contribution is 7.89. The summed E-state index contributed by atoms with van der Waals surface area (Å²) in [5, 5.41) is 0. The second kappa shape index (κ2) is 7.93. The number of sulfonamides is 1. The van der Waals surface area contributed by atoms with Crippen LogP contribution in [-0.2, 0) is 22.9 Å². The Kier molecular flexibility index (Phi) is 5.54. The molecule has 0 spiro atoms. The lowest BCUT2D eigenvalue weighted by atomic mass is 9.93. The van der Waals surface area contributed by atoms with Crippen molar-refractivity contribution in [1.29, 1.82) is 0 Å². The largest absolute Gasteiger partial charge is 0.296 e. The summed E-state index contributed by atoms with van der Waals surface area (Å²) in [7, 11) is -3.67. The maximum Gasteiger partial charge on any atom is 0.240 e. The van der Waals surface area contributed by atoms with E-state index in [1.807, 2.05) is 0 Å². The zero-order valence-corrected chi connectivity index (χ0v) is 17.1. The van der Waals surface area contributed by atoms with Crippen LogP contribution in [0.4, 0.5) is 4.39 Å². The van der Waals surface area contributed by atoms with Gasteiger partial charge in [0.1, 0.15) is 5.82 Å². The van der Waals surface area contributed by atoms with Crippen molar-refractivity contribution in [2.45, 2.75) is 50.0 Å². The zero-order chi connectivity index (χ0) is 19.7. The van der Waals surface area contributed by atoms with Crippen LogP contribution in [0.25, 0.3) is 0 Å². The van der Waals surface area contributed by atoms with Gasteiger partial charge in [-0.05, 0) is 80.0 Å². The smallest absolute Gasteiger partial charge is 0.240 e. The van der Waals surface area contributed by atoms with Gasteiger partial charge in [0.2, 0.25) is 10.0 Å². The molecule has 1 N–H and O–H groups in total. The molecule has 0 bridgehead atoms. The normalized spacial score (nSPS) is 19.0. The van der Waals surface area contributed by atoms with Crippen LogP contribution in [0.3, 0.4) is 0 Å². The van der Waals surface area contributed by atoms with Gasteiger partial charge in [0.05, 0.1) is 4.90 Å². The van der Waals surface area contributed by atoms with E-state index in [9.17, 15) is 12.8 Å². The number of hydrogen-bond donors (Lipinski definition) is 1. The van der Waals surface area contributed by atoms with Crippen molar-refractivity contribution < 1.29 is 12.8 Å². The lowest BCUT2D eigenvalue weighted by Crippen LogP contribution is -2.35. The molecule has 1 unspecified atom stereocenters. The Balaban J connectivity index is 1.28. The molecule has 28 heavy (non-hydrogen) atoms. The van der Waals surface area contributed by atoms with E-state index in [0.29, 0.717) is 18.2 Å². The van der Waals surface area contributed by atoms with E-state index in [2.05, 4.69) is 27.8 Å². The van der Waals surface area contributed by atoms with Gasteiger partial charge in [-0.15, -0.1) is 0 Å². The van der Waals surface area contributed by atoms with Gasteiger partial charge in [-0.2, -0.15) is 0 Å². The van der Waals surface area contributed by atoms with Gasteiger partial charge in [0.15, 0.2) is 0 Å². The highest BCUT2D eigenvalue weighted by atomic mass is 32.2. The summed E-state index contributed by atoms with van der Waals surface area (Å²) < 4.78 is 40.9. The molecule has 6 heteroatoms. The summed E-state index contributed by atoms with van der Waals surface area (Å²) in [6.07, 6.45) is 5.17. The molecule has 0 saturated carbocycles. The monoisotopic (exact) mass is 402 g/mol. The molecular formula is C22H27FN2O2S. The third-order valence-electron chi connectivity index (χ3n) is 6.02. The summed E-state index contributed by atoms with van der Waals surface area (Å²) in [6.45, 7) is 4.12. The SMILES string of the molecule is Cc1ccc(F)cc1S(=O)(=O)NCCCCN1CCc2cccc3c2C1CC3. The molecule has 1 atom stereocenters. The van der Waals surface area contributed by atoms with Crippen LogP contribution >= 0.6 is 0 Å². The average Bonchev–Trinajstić information content (AvgIpc) is 3.11. The average molecular weight is 403 g/mol. The Hall–Kier alpha value is -1.76. The first-order valence-corrected chi connectivity index (χ1v) is 11.5. The summed E-state index contributed by atoms with van der Waals surface area (Å²) in [5.41, 5.74) is 5.12. The Morgan fingerprint density at radius 3 is 2.75 bits per heavy atom. The van der Waals surface area contributed by atoms with Gasteiger partial charge in [0, 0.05) is 19.1 Å². The third-order valence-corrected chi connectivity index (χ3v) is 7.62. The summed E-state index contributed by atoms with van der Waals surface area (Å²) >= 11 is 0. The fourth-order valence-corrected chi connectivity index (χ4v) is 5.94. The molecule has 2 aromatic carbocycles. The van der Waals surface area contributed by atoms with Crippen LogP contribution in [0.15, 0.2) is 41.3 Å². The Morgan fingerprint density at radius 1 is 1.14 bits per heavy atom. The molecule has 150 valence electrons. The first-order valence-electron chi connectivity index (χ1n) is 10.1. The van der Waals surface area contributed by atoms with E-state index in [4.69, 9.17) is 0 Å². The number of hydrogen-bond acceptors (Lipinski definition) is 3. The van der Waals surface area contributed by atoms with Crippen molar-refractivity contribution in [1.82, 2.24) is 9.62 Å². The summed E-state index contributed by atoms with van der Waals surface area (Å²) in [6, 6.07) is 11.1. The second-order valence-corrected chi connectivity index (χ2v) is 9.58. The minimum atomic E-state index is -3.67. The lowest BCUT2D eigenvalue weighted by Gasteiger charge is -2.35. The van der Waals surface area contributed by atoms with Gasteiger partial charge >= 0.3 is 0 Å². The number of unbranched alkanes of at least 4 members (excludes halogenated alkanes) is 1. The van der Waals surface area contributed by atoms with Gasteiger partial charge < -0.3 is 0 Å². The number of nitrogens with zero attached hydrogens (tertiary/aromatic N) is 1. The maximum atomic E-state index is 13.4. The fourth-order valence-electron chi connectivity index (χ4n) is 4.61. The van der Waals surface area contributed by atoms with Gasteiger partial charge in [-0.1, -0.05) is 24.3 Å². The van der Waals surface area contributed by atoms with Crippen LogP contribution in [0, 0.1) is 12.7 Å². The van der Waals surface area contributed by atoms with Crippen molar-refractivity contribution in [3.63, 3.8) is 0 Å². The molecule has 1 aliphatic carbocycles. The molecule has 2 aliphatic rings. The second-order valence-electron chi connectivity index (χ2n) is 7.85. The van der Waals surface area contributed by atoms with E-state index in [1.165, 1.54) is 29.7 Å². The predicted octanol–water partition coefficient (Wildman–Crippen LogP) is 3.74. The predicted molar refractivity (Wildman–Crippen MR) is 108 cm³/mol. The van der Waals surface area contributed by atoms with E-state index in [0.717, 1.165) is 44.8 Å². The Bertz CT molecular complexity index is 974. The highest BCUT2D eigenvalue weighted by Gasteiger charge is 2.32. The van der Waals surface area contributed by atoms with E-state index < -0.39 is 15.8 Å². The number of aryl methyl sites for hydroxylation is 2. The summed E-state index contributed by atoms with van der Waals surface area (Å²) in [4.78, 5) is 2.59. The topological polar surface area (TPSA) is 49.4 Å². The molecule has 0 amide bonds. The molecule has 0 fully saturated rings. The zero-order valence-electron chi connectivity index (χ0n) is 16.2. The van der Waals surface area contributed by atoms with Gasteiger partial charge in [-0.3, -0.25) is 4.90 Å². The molecule has 0 saturated heterocycles. The Morgan fingerprint density at radius 2 is 1.93 bits per heavy atom. The van der Waals surface area contributed by atoms with Crippen molar-refractivity contribution in [2.24, 2.45) is 0 Å². The molecule has 2 aromatic rings. The minimum absolute atomic E-state index is 0.0265. The van der Waals surface area contributed by atoms with Crippen LogP contribution in [0.5, 0.6) is 0 Å². The number of benzene rings is 2. The molecule has 0 aromatic heterocycles. The quantitative estimate of drug-likeness (QED) is 0.718. The molecule has 1 heterocycles. The van der Waals surface area contributed by atoms with Crippen molar-refractivity contribution in [2.75, 3.05) is 19.6 Å². The molecular weight excluding hydrogens is 375 g/mol. The van der Waals surface area contributed by atoms with E-state index in [-0.39, 0.29) is 4.90 Å². The number of halogens is 1. The molecule has 4 nitrogen and oxygen atoms in total. The first-order chi connectivity index (χ1) is 13.5. The highest BCUT2D eigenvalue weighted by Crippen LogP contribution is 2.41. The lowest BCUT2D eigenvalue weighted by molar-refractivity contribution is 0.182. The fraction of sp³-hybridized carbons (Fsp3) is 0.455. The van der Waals surface area contributed by atoms with Gasteiger partial charge in [-0.25, -0.2) is 17.5 Å². The van der Waals surface area contributed by atoms with Crippen LogP contribution in [0.2, 0.25) is 0 Å². The molecule has 4 rings (SSSR count). The maximum absolute atomic E-state index is 13.4. The van der Waals surface area contributed by atoms with Crippen LogP contribution < -0.4 is 4.72 Å². The van der Waals surface area contributed by atoms with E-state index in [1.54, 1.807) is 12.5 Å². The Labute approximate surface area is 166 Å². The van der Waals surface area contributed by atoms with Crippen LogP contribution in [-0.4, -0.2) is 33.0 Å². The van der Waals surface area contributed by atoms with Crippen molar-refractivity contribution >= 4 is 10.0 Å².